The van der Waals surface area contributed by atoms with Crippen LogP contribution in [0.1, 0.15) is 30.7 Å². The van der Waals surface area contributed by atoms with E-state index in [1.165, 1.54) is 24.8 Å². The van der Waals surface area contributed by atoms with E-state index in [0.717, 1.165) is 16.6 Å². The summed E-state index contributed by atoms with van der Waals surface area (Å²) < 4.78 is 0. The molecule has 3 N–H and O–H groups in total. The summed E-state index contributed by atoms with van der Waals surface area (Å²) in [5.74, 6) is 0.972. The van der Waals surface area contributed by atoms with Crippen molar-refractivity contribution in [2.45, 2.75) is 25.2 Å². The van der Waals surface area contributed by atoms with Gasteiger partial charge in [-0.05, 0) is 30.4 Å². The number of nitrogens with zero attached hydrogens (tertiary/aromatic N) is 3. The number of benzene rings is 1. The van der Waals surface area contributed by atoms with Gasteiger partial charge in [0, 0.05) is 5.56 Å². The van der Waals surface area contributed by atoms with E-state index in [0.29, 0.717) is 11.6 Å². The third kappa shape index (κ3) is 1.74. The number of nitrogens with two attached hydrogens (primary N) is 1. The second kappa shape index (κ2) is 4.30. The van der Waals surface area contributed by atoms with Crippen LogP contribution >= 0.6 is 0 Å². The lowest BCUT2D eigenvalue weighted by molar-refractivity contribution is 0.420. The number of hydrogen-bond donors (Lipinski definition) is 2. The Morgan fingerprint density at radius 1 is 1.20 bits per heavy atom. The van der Waals surface area contributed by atoms with Gasteiger partial charge in [-0.25, -0.2) is 4.98 Å². The van der Waals surface area contributed by atoms with Gasteiger partial charge in [0.1, 0.15) is 0 Å². The molecular weight excluding hydrogens is 250 g/mol. The molecule has 0 spiro atoms. The lowest BCUT2D eigenvalue weighted by Gasteiger charge is -2.26. The molecule has 20 heavy (non-hydrogen) atoms. The van der Waals surface area contributed by atoms with Gasteiger partial charge in [0.05, 0.1) is 17.3 Å². The van der Waals surface area contributed by atoms with E-state index in [-0.39, 0.29) is 5.95 Å². The lowest BCUT2D eigenvalue weighted by Crippen LogP contribution is -2.08. The Bertz CT molecular complexity index is 773. The van der Waals surface area contributed by atoms with Gasteiger partial charge in [0.25, 0.3) is 0 Å². The van der Waals surface area contributed by atoms with Gasteiger partial charge in [-0.15, -0.1) is 0 Å². The van der Waals surface area contributed by atoms with Crippen LogP contribution < -0.4 is 5.73 Å². The first kappa shape index (κ1) is 11.4. The van der Waals surface area contributed by atoms with Crippen LogP contribution in [0.4, 0.5) is 5.95 Å². The predicted octanol–water partition coefficient (Wildman–Crippen LogP) is 2.87. The maximum Gasteiger partial charge on any atom is 0.222 e. The van der Waals surface area contributed by atoms with Gasteiger partial charge in [-0.2, -0.15) is 10.1 Å². The molecular formula is C15H15N5. The number of H-pyrrole nitrogens is 1. The maximum absolute atomic E-state index is 5.79. The van der Waals surface area contributed by atoms with Crippen molar-refractivity contribution in [2.24, 2.45) is 0 Å². The first-order valence-electron chi connectivity index (χ1n) is 6.88. The molecule has 3 aromatic rings. The summed E-state index contributed by atoms with van der Waals surface area (Å²) in [6, 6.07) is 8.58. The molecule has 0 radical (unpaired) electrons. The van der Waals surface area contributed by atoms with E-state index >= 15 is 0 Å². The van der Waals surface area contributed by atoms with Crippen molar-refractivity contribution in [2.75, 3.05) is 5.73 Å². The highest BCUT2D eigenvalue weighted by Gasteiger charge is 2.20. The average Bonchev–Trinajstić information content (AvgIpc) is 2.84. The van der Waals surface area contributed by atoms with Gasteiger partial charge in [-0.3, -0.25) is 5.10 Å². The summed E-state index contributed by atoms with van der Waals surface area (Å²) >= 11 is 0. The minimum Gasteiger partial charge on any atom is -0.368 e. The van der Waals surface area contributed by atoms with Crippen LogP contribution in [-0.4, -0.2) is 20.2 Å². The van der Waals surface area contributed by atoms with E-state index < -0.39 is 0 Å². The summed E-state index contributed by atoms with van der Waals surface area (Å²) in [4.78, 5) is 8.55. The van der Waals surface area contributed by atoms with Crippen LogP contribution in [-0.2, 0) is 0 Å². The third-order valence-corrected chi connectivity index (χ3v) is 4.06. The second-order valence-corrected chi connectivity index (χ2v) is 5.32. The topological polar surface area (TPSA) is 80.5 Å². The first-order valence-corrected chi connectivity index (χ1v) is 6.88. The largest absolute Gasteiger partial charge is 0.368 e. The predicted molar refractivity (Wildman–Crippen MR) is 78.1 cm³/mol. The van der Waals surface area contributed by atoms with Crippen molar-refractivity contribution in [3.8, 4) is 11.3 Å². The number of rotatable bonds is 2. The fraction of sp³-hybridized carbons (Fsp3) is 0.267. The normalized spacial score (nSPS) is 15.4. The van der Waals surface area contributed by atoms with Gasteiger partial charge in [0.15, 0.2) is 5.65 Å². The van der Waals surface area contributed by atoms with Crippen molar-refractivity contribution in [1.29, 1.82) is 0 Å². The molecule has 100 valence electrons. The molecule has 1 aromatic carbocycles. The molecule has 0 amide bonds. The molecule has 5 heteroatoms. The number of hydrogen-bond acceptors (Lipinski definition) is 4. The number of nitrogens with one attached hydrogen (secondary N) is 1. The molecule has 0 atom stereocenters. The molecule has 1 aliphatic rings. The SMILES string of the molecule is Nc1nc(-c2cccc(C3CCC3)c2)c2cn[nH]c2n1. The minimum atomic E-state index is 0.269. The van der Waals surface area contributed by atoms with Crippen LogP contribution in [0.25, 0.3) is 22.3 Å². The number of nitrogen functional groups attached to an aromatic ring is 1. The fourth-order valence-corrected chi connectivity index (χ4v) is 2.75. The molecule has 2 aromatic heterocycles. The summed E-state index contributed by atoms with van der Waals surface area (Å²) in [5, 5.41) is 7.79. The minimum absolute atomic E-state index is 0.269. The summed E-state index contributed by atoms with van der Waals surface area (Å²) in [6.07, 6.45) is 5.66. The van der Waals surface area contributed by atoms with Crippen LogP contribution in [0.5, 0.6) is 0 Å². The maximum atomic E-state index is 5.79. The number of aromatic nitrogens is 4. The van der Waals surface area contributed by atoms with E-state index in [1.54, 1.807) is 6.20 Å². The highest BCUT2D eigenvalue weighted by Crippen LogP contribution is 2.38. The summed E-state index contributed by atoms with van der Waals surface area (Å²) in [7, 11) is 0. The molecule has 0 saturated heterocycles. The zero-order chi connectivity index (χ0) is 13.5. The molecule has 1 fully saturated rings. The molecule has 0 bridgehead atoms. The Balaban J connectivity index is 1.87. The quantitative estimate of drug-likeness (QED) is 0.746. The molecule has 4 rings (SSSR count). The van der Waals surface area contributed by atoms with E-state index in [1.807, 2.05) is 0 Å². The highest BCUT2D eigenvalue weighted by atomic mass is 15.2. The Morgan fingerprint density at radius 3 is 2.90 bits per heavy atom. The Morgan fingerprint density at radius 2 is 2.10 bits per heavy atom. The zero-order valence-electron chi connectivity index (χ0n) is 11.0. The van der Waals surface area contributed by atoms with Gasteiger partial charge < -0.3 is 5.73 Å². The standard InChI is InChI=1S/C15H15N5/c16-15-18-13(12-8-17-20-14(12)19-15)11-6-2-5-10(7-11)9-3-1-4-9/h2,5-9H,1,3-4H2,(H3,16,17,18,19,20). The van der Waals surface area contributed by atoms with Crippen LogP contribution in [0.15, 0.2) is 30.5 Å². The number of anilines is 1. The highest BCUT2D eigenvalue weighted by molar-refractivity contribution is 5.90. The summed E-state index contributed by atoms with van der Waals surface area (Å²) in [6.45, 7) is 0. The number of fused-ring (bicyclic) bond motifs is 1. The van der Waals surface area contributed by atoms with E-state index in [4.69, 9.17) is 5.73 Å². The lowest BCUT2D eigenvalue weighted by atomic mass is 9.79. The third-order valence-electron chi connectivity index (χ3n) is 4.06. The summed E-state index contributed by atoms with van der Waals surface area (Å²) in [5.41, 5.74) is 9.79. The Kier molecular flexibility index (Phi) is 2.45. The van der Waals surface area contributed by atoms with E-state index in [9.17, 15) is 0 Å². The molecule has 0 unspecified atom stereocenters. The van der Waals surface area contributed by atoms with Crippen LogP contribution in [0.3, 0.4) is 0 Å². The number of aromatic amines is 1. The monoisotopic (exact) mass is 265 g/mol. The van der Waals surface area contributed by atoms with Gasteiger partial charge in [-0.1, -0.05) is 24.6 Å². The first-order chi connectivity index (χ1) is 9.81. The van der Waals surface area contributed by atoms with Crippen molar-refractivity contribution in [3.05, 3.63) is 36.0 Å². The second-order valence-electron chi connectivity index (χ2n) is 5.32. The van der Waals surface area contributed by atoms with Crippen molar-refractivity contribution in [3.63, 3.8) is 0 Å². The van der Waals surface area contributed by atoms with Crippen molar-refractivity contribution < 1.29 is 0 Å². The van der Waals surface area contributed by atoms with Gasteiger partial charge >= 0.3 is 0 Å². The van der Waals surface area contributed by atoms with Crippen LogP contribution in [0.2, 0.25) is 0 Å². The Labute approximate surface area is 116 Å². The fourth-order valence-electron chi connectivity index (χ4n) is 2.75. The Hall–Kier alpha value is -2.43. The van der Waals surface area contributed by atoms with E-state index in [2.05, 4.69) is 44.4 Å². The van der Waals surface area contributed by atoms with Crippen molar-refractivity contribution >= 4 is 17.0 Å². The zero-order valence-corrected chi connectivity index (χ0v) is 11.0. The molecule has 2 heterocycles. The average molecular weight is 265 g/mol. The molecule has 1 saturated carbocycles. The smallest absolute Gasteiger partial charge is 0.222 e. The van der Waals surface area contributed by atoms with Crippen molar-refractivity contribution in [1.82, 2.24) is 20.2 Å². The van der Waals surface area contributed by atoms with Gasteiger partial charge in [0.2, 0.25) is 5.95 Å². The van der Waals surface area contributed by atoms with Crippen LogP contribution in [0, 0.1) is 0 Å². The molecule has 5 nitrogen and oxygen atoms in total. The molecule has 0 aliphatic heterocycles. The molecule has 1 aliphatic carbocycles.